The molecule has 1 aromatic rings. The third-order valence-electron chi connectivity index (χ3n) is 3.11. The summed E-state index contributed by atoms with van der Waals surface area (Å²) in [5, 5.41) is 3.23. The van der Waals surface area contributed by atoms with Crippen molar-refractivity contribution in [2.45, 2.75) is 32.6 Å². The van der Waals surface area contributed by atoms with Gasteiger partial charge in [-0.1, -0.05) is 13.8 Å². The highest BCUT2D eigenvalue weighted by molar-refractivity contribution is 5.75. The van der Waals surface area contributed by atoms with Crippen LogP contribution >= 0.6 is 0 Å². The summed E-state index contributed by atoms with van der Waals surface area (Å²) >= 11 is 0. The summed E-state index contributed by atoms with van der Waals surface area (Å²) in [6.07, 6.45) is 0.510. The number of methoxy groups -OCH3 is 1. The van der Waals surface area contributed by atoms with Crippen LogP contribution in [0.15, 0.2) is 18.2 Å². The fraction of sp³-hybridized carbons (Fsp3) is 0.533. The van der Waals surface area contributed by atoms with E-state index in [1.807, 2.05) is 13.8 Å². The molecule has 0 bridgehead atoms. The Morgan fingerprint density at radius 2 is 2.11 bits per heavy atom. The summed E-state index contributed by atoms with van der Waals surface area (Å²) in [6.45, 7) is 6.90. The fourth-order valence-corrected chi connectivity index (χ4v) is 1.97. The van der Waals surface area contributed by atoms with Crippen molar-refractivity contribution in [3.8, 4) is 5.75 Å². The first kappa shape index (κ1) is 15.6. The van der Waals surface area contributed by atoms with E-state index in [2.05, 4.69) is 5.32 Å². The maximum absolute atomic E-state index is 13.4. The second-order valence-corrected chi connectivity index (χ2v) is 5.36. The van der Waals surface area contributed by atoms with Gasteiger partial charge in [-0.3, -0.25) is 4.79 Å². The van der Waals surface area contributed by atoms with Gasteiger partial charge in [0.15, 0.2) is 0 Å². The lowest BCUT2D eigenvalue weighted by molar-refractivity contribution is -0.116. The lowest BCUT2D eigenvalue weighted by atomic mass is 9.83. The van der Waals surface area contributed by atoms with Gasteiger partial charge in [0.25, 0.3) is 0 Å². The third-order valence-corrected chi connectivity index (χ3v) is 3.11. The molecule has 19 heavy (non-hydrogen) atoms. The standard InChI is InChI=1S/C15H22FNO2/c1-11(18)7-8-17-10-15(2,3)13-9-12(16)5-6-14(13)19-4/h5-6,9,17H,7-8,10H2,1-4H3. The molecule has 1 aromatic carbocycles. The molecule has 0 spiro atoms. The summed E-state index contributed by atoms with van der Waals surface area (Å²) in [6, 6.07) is 4.54. The zero-order valence-electron chi connectivity index (χ0n) is 12.0. The van der Waals surface area contributed by atoms with Gasteiger partial charge in [-0.2, -0.15) is 0 Å². The molecule has 0 radical (unpaired) electrons. The van der Waals surface area contributed by atoms with Crippen LogP contribution in [0.1, 0.15) is 32.8 Å². The maximum atomic E-state index is 13.4. The molecular weight excluding hydrogens is 245 g/mol. The third kappa shape index (κ3) is 4.63. The van der Waals surface area contributed by atoms with E-state index in [1.165, 1.54) is 12.1 Å². The van der Waals surface area contributed by atoms with Crippen molar-refractivity contribution in [3.05, 3.63) is 29.6 Å². The SMILES string of the molecule is COc1ccc(F)cc1C(C)(C)CNCCC(C)=O. The normalized spacial score (nSPS) is 11.4. The van der Waals surface area contributed by atoms with E-state index in [0.29, 0.717) is 25.3 Å². The molecule has 4 heteroatoms. The average molecular weight is 267 g/mol. The molecule has 3 nitrogen and oxygen atoms in total. The van der Waals surface area contributed by atoms with Crippen LogP contribution in [0.5, 0.6) is 5.75 Å². The molecule has 0 aromatic heterocycles. The number of carbonyl (C=O) groups excluding carboxylic acids is 1. The molecule has 0 aliphatic rings. The van der Waals surface area contributed by atoms with Crippen molar-refractivity contribution in [2.75, 3.05) is 20.2 Å². The highest BCUT2D eigenvalue weighted by atomic mass is 19.1. The van der Waals surface area contributed by atoms with Crippen LogP contribution in [0.3, 0.4) is 0 Å². The minimum absolute atomic E-state index is 0.161. The van der Waals surface area contributed by atoms with Crippen LogP contribution in [0, 0.1) is 5.82 Å². The number of carbonyl (C=O) groups is 1. The summed E-state index contributed by atoms with van der Waals surface area (Å²) in [5.41, 5.74) is 0.551. The molecule has 0 saturated heterocycles. The van der Waals surface area contributed by atoms with Crippen LogP contribution in [-0.4, -0.2) is 26.0 Å². The predicted molar refractivity (Wildman–Crippen MR) is 74.1 cm³/mol. The Kier molecular flexibility index (Phi) is 5.48. The first-order valence-electron chi connectivity index (χ1n) is 6.41. The van der Waals surface area contributed by atoms with Crippen molar-refractivity contribution < 1.29 is 13.9 Å². The molecule has 0 aliphatic carbocycles. The van der Waals surface area contributed by atoms with Crippen molar-refractivity contribution in [3.63, 3.8) is 0 Å². The zero-order valence-corrected chi connectivity index (χ0v) is 12.0. The second kappa shape index (κ2) is 6.66. The summed E-state index contributed by atoms with van der Waals surface area (Å²) in [5.74, 6) is 0.570. The van der Waals surface area contributed by atoms with E-state index in [1.54, 1.807) is 20.1 Å². The van der Waals surface area contributed by atoms with Gasteiger partial charge in [0.2, 0.25) is 0 Å². The Morgan fingerprint density at radius 1 is 1.42 bits per heavy atom. The molecule has 0 heterocycles. The Labute approximate surface area is 114 Å². The van der Waals surface area contributed by atoms with Crippen LogP contribution in [0.25, 0.3) is 0 Å². The molecule has 0 unspecified atom stereocenters. The summed E-state index contributed by atoms with van der Waals surface area (Å²) < 4.78 is 18.7. The fourth-order valence-electron chi connectivity index (χ4n) is 1.97. The van der Waals surface area contributed by atoms with Gasteiger partial charge in [0.1, 0.15) is 17.3 Å². The number of benzene rings is 1. The predicted octanol–water partition coefficient (Wildman–Crippen LogP) is 2.68. The van der Waals surface area contributed by atoms with Crippen molar-refractivity contribution in [1.82, 2.24) is 5.32 Å². The van der Waals surface area contributed by atoms with Gasteiger partial charge < -0.3 is 10.1 Å². The van der Waals surface area contributed by atoms with E-state index >= 15 is 0 Å². The van der Waals surface area contributed by atoms with Crippen LogP contribution in [0.2, 0.25) is 0 Å². The lowest BCUT2D eigenvalue weighted by Crippen LogP contribution is -2.34. The van der Waals surface area contributed by atoms with Crippen molar-refractivity contribution in [1.29, 1.82) is 0 Å². The minimum Gasteiger partial charge on any atom is -0.496 e. The molecule has 106 valence electrons. The molecule has 0 amide bonds. The number of halogens is 1. The Bertz CT molecular complexity index is 444. The lowest BCUT2D eigenvalue weighted by Gasteiger charge is -2.27. The smallest absolute Gasteiger partial charge is 0.131 e. The van der Waals surface area contributed by atoms with E-state index in [4.69, 9.17) is 4.74 Å². The number of hydrogen-bond acceptors (Lipinski definition) is 3. The van der Waals surface area contributed by atoms with Crippen LogP contribution in [0.4, 0.5) is 4.39 Å². The van der Waals surface area contributed by atoms with E-state index in [9.17, 15) is 9.18 Å². The summed E-state index contributed by atoms with van der Waals surface area (Å²) in [4.78, 5) is 10.9. The van der Waals surface area contributed by atoms with E-state index in [-0.39, 0.29) is 17.0 Å². The minimum atomic E-state index is -0.274. The van der Waals surface area contributed by atoms with Gasteiger partial charge in [0, 0.05) is 30.5 Å². The van der Waals surface area contributed by atoms with E-state index < -0.39 is 0 Å². The Hall–Kier alpha value is -1.42. The highest BCUT2D eigenvalue weighted by Crippen LogP contribution is 2.31. The highest BCUT2D eigenvalue weighted by Gasteiger charge is 2.24. The van der Waals surface area contributed by atoms with Gasteiger partial charge in [-0.05, 0) is 25.1 Å². The number of rotatable bonds is 7. The number of nitrogens with one attached hydrogen (secondary N) is 1. The van der Waals surface area contributed by atoms with Crippen molar-refractivity contribution in [2.24, 2.45) is 0 Å². The monoisotopic (exact) mass is 267 g/mol. The molecule has 0 atom stereocenters. The number of hydrogen-bond donors (Lipinski definition) is 1. The average Bonchev–Trinajstić information content (AvgIpc) is 2.34. The van der Waals surface area contributed by atoms with Crippen molar-refractivity contribution >= 4 is 5.78 Å². The number of ether oxygens (including phenoxy) is 1. The maximum Gasteiger partial charge on any atom is 0.131 e. The first-order chi connectivity index (χ1) is 8.86. The molecular formula is C15H22FNO2. The molecule has 0 saturated carbocycles. The Balaban J connectivity index is 2.75. The first-order valence-corrected chi connectivity index (χ1v) is 6.41. The van der Waals surface area contributed by atoms with Gasteiger partial charge in [-0.15, -0.1) is 0 Å². The summed E-state index contributed by atoms with van der Waals surface area (Å²) in [7, 11) is 1.58. The molecule has 1 N–H and O–H groups in total. The van der Waals surface area contributed by atoms with Gasteiger partial charge in [-0.25, -0.2) is 4.39 Å². The van der Waals surface area contributed by atoms with Gasteiger partial charge in [0.05, 0.1) is 7.11 Å². The Morgan fingerprint density at radius 3 is 2.68 bits per heavy atom. The quantitative estimate of drug-likeness (QED) is 0.772. The zero-order chi connectivity index (χ0) is 14.5. The van der Waals surface area contributed by atoms with Crippen LogP contribution in [-0.2, 0) is 10.2 Å². The van der Waals surface area contributed by atoms with E-state index in [0.717, 1.165) is 5.56 Å². The molecule has 0 aliphatic heterocycles. The topological polar surface area (TPSA) is 38.3 Å². The largest absolute Gasteiger partial charge is 0.496 e. The molecule has 0 fully saturated rings. The number of Topliss-reactive ketones (excluding diaryl/α,β-unsaturated/α-hetero) is 1. The van der Waals surface area contributed by atoms with Gasteiger partial charge >= 0.3 is 0 Å². The molecule has 1 rings (SSSR count). The second-order valence-electron chi connectivity index (χ2n) is 5.36. The number of ketones is 1. The van der Waals surface area contributed by atoms with Crippen LogP contribution < -0.4 is 10.1 Å².